The molecule has 0 saturated heterocycles. The minimum atomic E-state index is -4.80. The van der Waals surface area contributed by atoms with Crippen molar-refractivity contribution in [3.05, 3.63) is 76.6 Å². The van der Waals surface area contributed by atoms with Crippen molar-refractivity contribution >= 4 is 6.08 Å². The van der Waals surface area contributed by atoms with Crippen molar-refractivity contribution < 1.29 is 22.6 Å². The van der Waals surface area contributed by atoms with Crippen LogP contribution in [0.15, 0.2) is 48.5 Å². The Morgan fingerprint density at radius 2 is 1.88 bits per heavy atom. The normalized spacial score (nSPS) is 11.5. The zero-order valence-corrected chi connectivity index (χ0v) is 17.9. The molecule has 0 unspecified atom stereocenters. The highest BCUT2D eigenvalue weighted by molar-refractivity contribution is 5.59. The van der Waals surface area contributed by atoms with Crippen LogP contribution >= 0.6 is 0 Å². The number of aromatic nitrogens is 2. The van der Waals surface area contributed by atoms with Gasteiger partial charge in [-0.2, -0.15) is 10.4 Å². The number of aryl methyl sites for hydroxylation is 1. The van der Waals surface area contributed by atoms with Crippen LogP contribution in [0.1, 0.15) is 41.9 Å². The van der Waals surface area contributed by atoms with E-state index < -0.39 is 6.36 Å². The summed E-state index contributed by atoms with van der Waals surface area (Å²) >= 11 is 0. The van der Waals surface area contributed by atoms with Gasteiger partial charge in [0.1, 0.15) is 18.1 Å². The van der Waals surface area contributed by atoms with Crippen LogP contribution in [0.4, 0.5) is 13.2 Å². The minimum Gasteiger partial charge on any atom is -0.489 e. The molecule has 166 valence electrons. The van der Waals surface area contributed by atoms with E-state index in [1.807, 2.05) is 26.0 Å². The topological polar surface area (TPSA) is 60.1 Å². The maximum absolute atomic E-state index is 12.8. The first-order valence-electron chi connectivity index (χ1n) is 9.99. The zero-order valence-electron chi connectivity index (χ0n) is 17.9. The van der Waals surface area contributed by atoms with Crippen molar-refractivity contribution in [2.45, 2.75) is 40.2 Å². The van der Waals surface area contributed by atoms with Gasteiger partial charge in [-0.25, -0.2) is 4.68 Å². The second-order valence-corrected chi connectivity index (χ2v) is 6.97. The summed E-state index contributed by atoms with van der Waals surface area (Å²) < 4.78 is 50.1. The fourth-order valence-corrected chi connectivity index (χ4v) is 3.34. The van der Waals surface area contributed by atoms with E-state index in [9.17, 15) is 13.2 Å². The summed E-state index contributed by atoms with van der Waals surface area (Å²) in [5, 5.41) is 13.6. The lowest BCUT2D eigenvalue weighted by Crippen LogP contribution is -2.17. The van der Waals surface area contributed by atoms with Gasteiger partial charge in [0.2, 0.25) is 0 Å². The lowest BCUT2D eigenvalue weighted by Gasteiger charge is -2.14. The minimum absolute atomic E-state index is 0.139. The molecule has 0 bridgehead atoms. The number of ether oxygens (including phenoxy) is 2. The van der Waals surface area contributed by atoms with Gasteiger partial charge >= 0.3 is 6.36 Å². The Kier molecular flexibility index (Phi) is 6.89. The summed E-state index contributed by atoms with van der Waals surface area (Å²) in [7, 11) is 0. The number of alkyl halides is 3. The highest BCUT2D eigenvalue weighted by Crippen LogP contribution is 2.32. The van der Waals surface area contributed by atoms with E-state index in [0.717, 1.165) is 22.6 Å². The maximum Gasteiger partial charge on any atom is 0.573 e. The van der Waals surface area contributed by atoms with Crippen LogP contribution in [0.3, 0.4) is 0 Å². The number of hydrogen-bond donors (Lipinski definition) is 0. The molecule has 0 aliphatic rings. The third-order valence-electron chi connectivity index (χ3n) is 4.81. The van der Waals surface area contributed by atoms with Crippen LogP contribution in [0.25, 0.3) is 11.8 Å². The van der Waals surface area contributed by atoms with Crippen molar-refractivity contribution in [3.8, 4) is 23.3 Å². The zero-order chi connectivity index (χ0) is 23.3. The van der Waals surface area contributed by atoms with Crippen molar-refractivity contribution in [2.24, 2.45) is 0 Å². The van der Waals surface area contributed by atoms with Gasteiger partial charge in [-0.15, -0.1) is 13.2 Å². The average molecular weight is 441 g/mol. The van der Waals surface area contributed by atoms with Crippen molar-refractivity contribution in [2.75, 3.05) is 0 Å². The first-order valence-corrected chi connectivity index (χ1v) is 9.99. The van der Waals surface area contributed by atoms with Gasteiger partial charge in [-0.3, -0.25) is 0 Å². The van der Waals surface area contributed by atoms with E-state index in [0.29, 0.717) is 17.5 Å². The maximum atomic E-state index is 12.8. The number of nitrogens with zero attached hydrogens (tertiary/aromatic N) is 3. The van der Waals surface area contributed by atoms with E-state index in [1.165, 1.54) is 18.2 Å². The largest absolute Gasteiger partial charge is 0.573 e. The Morgan fingerprint density at radius 3 is 2.47 bits per heavy atom. The molecule has 0 saturated carbocycles. The molecular weight excluding hydrogens is 419 g/mol. The molecule has 0 radical (unpaired) electrons. The molecular formula is C24H22F3N3O2. The predicted molar refractivity (Wildman–Crippen MR) is 115 cm³/mol. The van der Waals surface area contributed by atoms with Crippen LogP contribution in [-0.4, -0.2) is 16.1 Å². The van der Waals surface area contributed by atoms with Crippen molar-refractivity contribution in [1.29, 1.82) is 5.26 Å². The standard InChI is InChI=1S/C24H22F3N3O2/c1-4-6-18-9-12-20(13-23(18)32-24(25,26)27)31-15-21-16(3)29-30(22(21)5-2)19-10-7-17(14-28)8-11-19/h4,6-13H,5,15H2,1-3H3/b6-4+. The molecule has 5 nitrogen and oxygen atoms in total. The molecule has 8 heteroatoms. The number of allylic oxidation sites excluding steroid dienone is 1. The SMILES string of the molecule is C/C=C/c1ccc(OCc2c(C)nn(-c3ccc(C#N)cc3)c2CC)cc1OC(F)(F)F. The molecule has 1 heterocycles. The highest BCUT2D eigenvalue weighted by Gasteiger charge is 2.32. The van der Waals surface area contributed by atoms with E-state index in [-0.39, 0.29) is 18.1 Å². The lowest BCUT2D eigenvalue weighted by molar-refractivity contribution is -0.274. The molecule has 3 aromatic rings. The summed E-state index contributed by atoms with van der Waals surface area (Å²) in [6.07, 6.45) is -0.968. The third-order valence-corrected chi connectivity index (χ3v) is 4.81. The molecule has 1 aromatic heterocycles. The van der Waals surface area contributed by atoms with Gasteiger partial charge in [0, 0.05) is 17.2 Å². The molecule has 0 fully saturated rings. The number of hydrogen-bond acceptors (Lipinski definition) is 4. The monoisotopic (exact) mass is 441 g/mol. The summed E-state index contributed by atoms with van der Waals surface area (Å²) in [4.78, 5) is 0. The van der Waals surface area contributed by atoms with E-state index in [2.05, 4.69) is 15.9 Å². The quantitative estimate of drug-likeness (QED) is 0.443. The number of benzene rings is 2. The summed E-state index contributed by atoms with van der Waals surface area (Å²) in [6.45, 7) is 5.69. The van der Waals surface area contributed by atoms with Crippen molar-refractivity contribution in [1.82, 2.24) is 9.78 Å². The molecule has 0 spiro atoms. The Labute approximate surface area is 184 Å². The van der Waals surface area contributed by atoms with Gasteiger partial charge in [0.15, 0.2) is 0 Å². The Hall–Kier alpha value is -3.73. The Morgan fingerprint density at radius 1 is 1.16 bits per heavy atom. The summed E-state index contributed by atoms with van der Waals surface area (Å²) in [6, 6.07) is 13.5. The molecule has 0 amide bonds. The Bertz CT molecular complexity index is 1160. The third kappa shape index (κ3) is 5.30. The van der Waals surface area contributed by atoms with E-state index in [1.54, 1.807) is 35.9 Å². The van der Waals surface area contributed by atoms with Crippen LogP contribution in [0, 0.1) is 18.3 Å². The van der Waals surface area contributed by atoms with Crippen molar-refractivity contribution in [3.63, 3.8) is 0 Å². The second-order valence-electron chi connectivity index (χ2n) is 6.97. The van der Waals surface area contributed by atoms with Gasteiger partial charge < -0.3 is 9.47 Å². The number of nitriles is 1. The van der Waals surface area contributed by atoms with Gasteiger partial charge in [0.25, 0.3) is 0 Å². The average Bonchev–Trinajstić information content (AvgIpc) is 3.08. The summed E-state index contributed by atoms with van der Waals surface area (Å²) in [5.74, 6) is -0.0705. The highest BCUT2D eigenvalue weighted by atomic mass is 19.4. The van der Waals surface area contributed by atoms with Crippen LogP contribution in [-0.2, 0) is 13.0 Å². The van der Waals surface area contributed by atoms with Crippen LogP contribution in [0.2, 0.25) is 0 Å². The fourth-order valence-electron chi connectivity index (χ4n) is 3.34. The van der Waals surface area contributed by atoms with E-state index >= 15 is 0 Å². The molecule has 0 atom stereocenters. The molecule has 32 heavy (non-hydrogen) atoms. The lowest BCUT2D eigenvalue weighted by atomic mass is 10.1. The molecule has 0 N–H and O–H groups in total. The van der Waals surface area contributed by atoms with Crippen LogP contribution in [0.5, 0.6) is 11.5 Å². The fraction of sp³-hybridized carbons (Fsp3) is 0.250. The van der Waals surface area contributed by atoms with Gasteiger partial charge in [0.05, 0.1) is 28.7 Å². The second kappa shape index (κ2) is 9.60. The molecule has 3 rings (SSSR count). The number of halogens is 3. The smallest absolute Gasteiger partial charge is 0.489 e. The first kappa shape index (κ1) is 22.9. The first-order chi connectivity index (χ1) is 15.3. The summed E-state index contributed by atoms with van der Waals surface area (Å²) in [5.41, 5.74) is 4.20. The Balaban J connectivity index is 1.87. The number of rotatable bonds is 7. The van der Waals surface area contributed by atoms with Gasteiger partial charge in [-0.05, 0) is 56.7 Å². The van der Waals surface area contributed by atoms with E-state index in [4.69, 9.17) is 10.00 Å². The molecule has 2 aromatic carbocycles. The predicted octanol–water partition coefficient (Wildman–Crippen LogP) is 6.13. The van der Waals surface area contributed by atoms with Gasteiger partial charge in [-0.1, -0.05) is 19.1 Å². The molecule has 0 aliphatic heterocycles. The van der Waals surface area contributed by atoms with Crippen LogP contribution < -0.4 is 9.47 Å². The molecule has 0 aliphatic carbocycles.